The molecule has 0 bridgehead atoms. The third-order valence-electron chi connectivity index (χ3n) is 3.76. The molecule has 1 fully saturated rings. The SMILES string of the molecule is CCC1CCCCN1c1cccc(F)c1C(N)=NO. The zero-order chi connectivity index (χ0) is 13.8. The third-order valence-corrected chi connectivity index (χ3v) is 3.76. The third kappa shape index (κ3) is 2.64. The number of benzene rings is 1. The monoisotopic (exact) mass is 265 g/mol. The van der Waals surface area contributed by atoms with Crippen LogP contribution in [-0.2, 0) is 0 Å². The highest BCUT2D eigenvalue weighted by Crippen LogP contribution is 2.30. The van der Waals surface area contributed by atoms with Gasteiger partial charge in [0.1, 0.15) is 5.82 Å². The average molecular weight is 265 g/mol. The van der Waals surface area contributed by atoms with Crippen molar-refractivity contribution in [2.75, 3.05) is 11.4 Å². The molecule has 19 heavy (non-hydrogen) atoms. The standard InChI is InChI=1S/C14H20FN3O/c1-2-10-6-3-4-9-18(10)12-8-5-7-11(15)13(12)14(16)17-19/h5,7-8,10,19H,2-4,6,9H2,1H3,(H2,16,17). The Kier molecular flexibility index (Phi) is 4.24. The minimum Gasteiger partial charge on any atom is -0.409 e. The first kappa shape index (κ1) is 13.6. The van der Waals surface area contributed by atoms with E-state index in [1.807, 2.05) is 6.07 Å². The van der Waals surface area contributed by atoms with Gasteiger partial charge < -0.3 is 15.8 Å². The summed E-state index contributed by atoms with van der Waals surface area (Å²) in [6, 6.07) is 5.23. The molecule has 3 N–H and O–H groups in total. The molecule has 0 aromatic heterocycles. The molecule has 0 radical (unpaired) electrons. The normalized spacial score (nSPS) is 20.6. The number of nitrogens with zero attached hydrogens (tertiary/aromatic N) is 2. The van der Waals surface area contributed by atoms with Gasteiger partial charge in [-0.1, -0.05) is 18.1 Å². The minimum absolute atomic E-state index is 0.173. The van der Waals surface area contributed by atoms with Crippen molar-refractivity contribution in [2.24, 2.45) is 10.9 Å². The van der Waals surface area contributed by atoms with Gasteiger partial charge in [0.15, 0.2) is 5.84 Å². The second kappa shape index (κ2) is 5.91. The van der Waals surface area contributed by atoms with Crippen LogP contribution in [0.5, 0.6) is 0 Å². The van der Waals surface area contributed by atoms with Gasteiger partial charge in [0.05, 0.1) is 11.3 Å². The Hall–Kier alpha value is -1.78. The van der Waals surface area contributed by atoms with Crippen LogP contribution < -0.4 is 10.6 Å². The Morgan fingerprint density at radius 3 is 3.00 bits per heavy atom. The van der Waals surface area contributed by atoms with Gasteiger partial charge in [-0.05, 0) is 37.8 Å². The summed E-state index contributed by atoms with van der Waals surface area (Å²) in [7, 11) is 0. The summed E-state index contributed by atoms with van der Waals surface area (Å²) in [4.78, 5) is 2.18. The van der Waals surface area contributed by atoms with Crippen LogP contribution in [0.4, 0.5) is 10.1 Å². The first-order chi connectivity index (χ1) is 9.19. The number of hydrogen-bond acceptors (Lipinski definition) is 3. The topological polar surface area (TPSA) is 61.8 Å². The number of nitrogens with two attached hydrogens (primary N) is 1. The van der Waals surface area contributed by atoms with Crippen molar-refractivity contribution in [1.82, 2.24) is 0 Å². The molecule has 0 aliphatic carbocycles. The summed E-state index contributed by atoms with van der Waals surface area (Å²) in [6.45, 7) is 3.01. The fourth-order valence-corrected chi connectivity index (χ4v) is 2.80. The molecule has 1 saturated heterocycles. The zero-order valence-electron chi connectivity index (χ0n) is 11.1. The van der Waals surface area contributed by atoms with Crippen molar-refractivity contribution in [2.45, 2.75) is 38.6 Å². The van der Waals surface area contributed by atoms with Gasteiger partial charge in [0.25, 0.3) is 0 Å². The molecular weight excluding hydrogens is 245 g/mol. The second-order valence-electron chi connectivity index (χ2n) is 4.87. The van der Waals surface area contributed by atoms with Crippen LogP contribution in [0.3, 0.4) is 0 Å². The lowest BCUT2D eigenvalue weighted by atomic mass is 9.97. The van der Waals surface area contributed by atoms with E-state index in [-0.39, 0.29) is 11.4 Å². The van der Waals surface area contributed by atoms with Crippen LogP contribution in [-0.4, -0.2) is 23.6 Å². The molecule has 0 amide bonds. The molecule has 1 aliphatic heterocycles. The van der Waals surface area contributed by atoms with E-state index < -0.39 is 5.82 Å². The van der Waals surface area contributed by atoms with Crippen molar-refractivity contribution in [3.05, 3.63) is 29.6 Å². The summed E-state index contributed by atoms with van der Waals surface area (Å²) in [6.07, 6.45) is 4.39. The van der Waals surface area contributed by atoms with Gasteiger partial charge in [0, 0.05) is 12.6 Å². The molecule has 1 aromatic carbocycles. The lowest BCUT2D eigenvalue weighted by Gasteiger charge is -2.38. The maximum Gasteiger partial charge on any atom is 0.175 e. The molecule has 0 spiro atoms. The molecular formula is C14H20FN3O. The lowest BCUT2D eigenvalue weighted by molar-refractivity contribution is 0.318. The predicted molar refractivity (Wildman–Crippen MR) is 74.2 cm³/mol. The van der Waals surface area contributed by atoms with Gasteiger partial charge in [-0.2, -0.15) is 0 Å². The van der Waals surface area contributed by atoms with Gasteiger partial charge in [0.2, 0.25) is 0 Å². The van der Waals surface area contributed by atoms with Gasteiger partial charge in [-0.15, -0.1) is 0 Å². The van der Waals surface area contributed by atoms with E-state index in [4.69, 9.17) is 10.9 Å². The van der Waals surface area contributed by atoms with Crippen molar-refractivity contribution in [1.29, 1.82) is 0 Å². The Morgan fingerprint density at radius 1 is 1.53 bits per heavy atom. The van der Waals surface area contributed by atoms with Crippen LogP contribution >= 0.6 is 0 Å². The van der Waals surface area contributed by atoms with E-state index in [0.717, 1.165) is 31.5 Å². The fourth-order valence-electron chi connectivity index (χ4n) is 2.80. The van der Waals surface area contributed by atoms with Gasteiger partial charge >= 0.3 is 0 Å². The average Bonchev–Trinajstić information content (AvgIpc) is 2.46. The highest BCUT2D eigenvalue weighted by atomic mass is 19.1. The minimum atomic E-state index is -0.451. The van der Waals surface area contributed by atoms with Crippen molar-refractivity contribution < 1.29 is 9.60 Å². The lowest BCUT2D eigenvalue weighted by Crippen LogP contribution is -2.40. The van der Waals surface area contributed by atoms with E-state index >= 15 is 0 Å². The number of piperidine rings is 1. The van der Waals surface area contributed by atoms with Crippen LogP contribution in [0.2, 0.25) is 0 Å². The highest BCUT2D eigenvalue weighted by Gasteiger charge is 2.25. The molecule has 1 heterocycles. The van der Waals surface area contributed by atoms with Crippen LogP contribution in [0, 0.1) is 5.82 Å². The molecule has 1 aliphatic rings. The summed E-state index contributed by atoms with van der Waals surface area (Å²) in [5.74, 6) is -0.623. The van der Waals surface area contributed by atoms with Crippen LogP contribution in [0.25, 0.3) is 0 Å². The Balaban J connectivity index is 2.46. The highest BCUT2D eigenvalue weighted by molar-refractivity contribution is 6.02. The smallest absolute Gasteiger partial charge is 0.175 e. The van der Waals surface area contributed by atoms with Crippen molar-refractivity contribution >= 4 is 11.5 Å². The summed E-state index contributed by atoms with van der Waals surface area (Å²) >= 11 is 0. The molecule has 1 aromatic rings. The first-order valence-corrected chi connectivity index (χ1v) is 6.72. The Bertz CT molecular complexity index is 476. The van der Waals surface area contributed by atoms with Crippen LogP contribution in [0.1, 0.15) is 38.2 Å². The van der Waals surface area contributed by atoms with E-state index in [0.29, 0.717) is 6.04 Å². The molecule has 0 saturated carbocycles. The summed E-state index contributed by atoms with van der Waals surface area (Å²) in [5.41, 5.74) is 6.55. The molecule has 5 heteroatoms. The number of hydrogen-bond donors (Lipinski definition) is 2. The van der Waals surface area contributed by atoms with Crippen molar-refractivity contribution in [3.8, 4) is 0 Å². The maximum absolute atomic E-state index is 14.0. The molecule has 2 rings (SSSR count). The largest absolute Gasteiger partial charge is 0.409 e. The van der Waals surface area contributed by atoms with E-state index in [1.165, 1.54) is 12.5 Å². The Morgan fingerprint density at radius 2 is 2.32 bits per heavy atom. The maximum atomic E-state index is 14.0. The quantitative estimate of drug-likeness (QED) is 0.382. The van der Waals surface area contributed by atoms with E-state index in [2.05, 4.69) is 17.0 Å². The van der Waals surface area contributed by atoms with E-state index in [9.17, 15) is 4.39 Å². The van der Waals surface area contributed by atoms with Crippen molar-refractivity contribution in [3.63, 3.8) is 0 Å². The summed E-state index contributed by atoms with van der Waals surface area (Å²) in [5, 5.41) is 11.8. The first-order valence-electron chi connectivity index (χ1n) is 6.72. The van der Waals surface area contributed by atoms with Gasteiger partial charge in [-0.25, -0.2) is 4.39 Å². The number of oxime groups is 1. The number of rotatable bonds is 3. The molecule has 4 nitrogen and oxygen atoms in total. The number of anilines is 1. The Labute approximate surface area is 112 Å². The van der Waals surface area contributed by atoms with Crippen LogP contribution in [0.15, 0.2) is 23.4 Å². The number of halogens is 1. The summed E-state index contributed by atoms with van der Waals surface area (Å²) < 4.78 is 14.0. The van der Waals surface area contributed by atoms with E-state index in [1.54, 1.807) is 6.07 Å². The molecule has 104 valence electrons. The van der Waals surface area contributed by atoms with Gasteiger partial charge in [-0.3, -0.25) is 0 Å². The predicted octanol–water partition coefficient (Wildman–Crippen LogP) is 2.69. The number of amidine groups is 1. The fraction of sp³-hybridized carbons (Fsp3) is 0.500. The molecule has 1 unspecified atom stereocenters. The molecule has 1 atom stereocenters. The second-order valence-corrected chi connectivity index (χ2v) is 4.87. The zero-order valence-corrected chi connectivity index (χ0v) is 11.1.